The number of nitrogens with zero attached hydrogens (tertiary/aromatic N) is 2. The molecule has 150 valence electrons. The molecule has 1 aliphatic heterocycles. The Bertz CT molecular complexity index is 971. The molecule has 0 bridgehead atoms. The van der Waals surface area contributed by atoms with E-state index >= 15 is 0 Å². The maximum Gasteiger partial charge on any atom is 0.321 e. The van der Waals surface area contributed by atoms with Gasteiger partial charge in [0, 0.05) is 36.9 Å². The molecule has 1 aliphatic rings. The lowest BCUT2D eigenvalue weighted by atomic mass is 10.3. The number of carbonyl (C=O) groups is 1. The van der Waals surface area contributed by atoms with Crippen LogP contribution >= 0.6 is 23.2 Å². The van der Waals surface area contributed by atoms with Crippen LogP contribution in [0.15, 0.2) is 47.4 Å². The number of rotatable bonds is 3. The molecule has 0 spiro atoms. The molecular formula is C18H18Cl2FN3O3S. The lowest BCUT2D eigenvalue weighted by Gasteiger charge is -2.22. The Balaban J connectivity index is 1.67. The second-order valence-electron chi connectivity index (χ2n) is 6.26. The van der Waals surface area contributed by atoms with Crippen LogP contribution in [0.25, 0.3) is 0 Å². The molecule has 0 aromatic heterocycles. The topological polar surface area (TPSA) is 69.7 Å². The molecular weight excluding hydrogens is 428 g/mol. The predicted octanol–water partition coefficient (Wildman–Crippen LogP) is 4.06. The Morgan fingerprint density at radius 3 is 2.39 bits per heavy atom. The summed E-state index contributed by atoms with van der Waals surface area (Å²) in [5, 5.41) is 3.08. The van der Waals surface area contributed by atoms with Crippen molar-refractivity contribution in [2.75, 3.05) is 31.5 Å². The monoisotopic (exact) mass is 445 g/mol. The number of urea groups is 1. The molecule has 10 heteroatoms. The summed E-state index contributed by atoms with van der Waals surface area (Å²) in [5.74, 6) is -0.679. The van der Waals surface area contributed by atoms with Crippen LogP contribution in [0, 0.1) is 5.82 Å². The van der Waals surface area contributed by atoms with Crippen molar-refractivity contribution in [3.8, 4) is 0 Å². The minimum Gasteiger partial charge on any atom is -0.323 e. The van der Waals surface area contributed by atoms with Gasteiger partial charge in [0.2, 0.25) is 10.0 Å². The van der Waals surface area contributed by atoms with Crippen LogP contribution in [0.3, 0.4) is 0 Å². The number of hydrogen-bond acceptors (Lipinski definition) is 3. The first kappa shape index (κ1) is 20.9. The second kappa shape index (κ2) is 8.65. The summed E-state index contributed by atoms with van der Waals surface area (Å²) in [5.41, 5.74) is 0.601. The second-order valence-corrected chi connectivity index (χ2v) is 9.04. The Kier molecular flexibility index (Phi) is 6.44. The number of anilines is 1. The van der Waals surface area contributed by atoms with Crippen molar-refractivity contribution in [3.63, 3.8) is 0 Å². The molecule has 1 N–H and O–H groups in total. The van der Waals surface area contributed by atoms with E-state index in [1.807, 2.05) is 0 Å². The molecule has 2 aromatic carbocycles. The standard InChI is InChI=1S/C18H18Cl2FN3O3S/c19-13-2-4-14(5-3-13)22-18(25)23-8-1-9-24(11-10-23)28(26,27)15-6-7-17(21)16(20)12-15/h2-7,12H,1,8-11H2,(H,22,25). The summed E-state index contributed by atoms with van der Waals surface area (Å²) in [4.78, 5) is 14.0. The van der Waals surface area contributed by atoms with Gasteiger partial charge >= 0.3 is 6.03 Å². The molecule has 0 aliphatic carbocycles. The van der Waals surface area contributed by atoms with Crippen LogP contribution in [0.1, 0.15) is 6.42 Å². The van der Waals surface area contributed by atoms with E-state index < -0.39 is 15.8 Å². The van der Waals surface area contributed by atoms with E-state index in [1.165, 1.54) is 10.4 Å². The highest BCUT2D eigenvalue weighted by atomic mass is 35.5. The molecule has 28 heavy (non-hydrogen) atoms. The molecule has 1 saturated heterocycles. The number of carbonyl (C=O) groups excluding carboxylic acids is 1. The fourth-order valence-corrected chi connectivity index (χ4v) is 4.73. The Morgan fingerprint density at radius 2 is 1.71 bits per heavy atom. The highest BCUT2D eigenvalue weighted by molar-refractivity contribution is 7.89. The van der Waals surface area contributed by atoms with Crippen LogP contribution in [0.2, 0.25) is 10.0 Å². The zero-order valence-corrected chi connectivity index (χ0v) is 17.1. The van der Waals surface area contributed by atoms with E-state index in [4.69, 9.17) is 23.2 Å². The lowest BCUT2D eigenvalue weighted by Crippen LogP contribution is -2.39. The van der Waals surface area contributed by atoms with Gasteiger partial charge < -0.3 is 10.2 Å². The first-order chi connectivity index (χ1) is 13.3. The van der Waals surface area contributed by atoms with Crippen LogP contribution < -0.4 is 5.32 Å². The molecule has 2 aromatic rings. The van der Waals surface area contributed by atoms with E-state index in [1.54, 1.807) is 29.2 Å². The number of amides is 2. The molecule has 0 atom stereocenters. The molecule has 0 unspecified atom stereocenters. The quantitative estimate of drug-likeness (QED) is 0.773. The van der Waals surface area contributed by atoms with Crippen LogP contribution in [-0.4, -0.2) is 49.8 Å². The number of nitrogens with one attached hydrogen (secondary N) is 1. The van der Waals surface area contributed by atoms with Crippen molar-refractivity contribution in [1.29, 1.82) is 0 Å². The Labute approximate surface area is 172 Å². The highest BCUT2D eigenvalue weighted by Crippen LogP contribution is 2.23. The molecule has 6 nitrogen and oxygen atoms in total. The summed E-state index contributed by atoms with van der Waals surface area (Å²) >= 11 is 11.5. The van der Waals surface area contributed by atoms with Crippen LogP contribution in [-0.2, 0) is 10.0 Å². The summed E-state index contributed by atoms with van der Waals surface area (Å²) in [6.07, 6.45) is 0.474. The Hall–Kier alpha value is -1.87. The number of benzene rings is 2. The van der Waals surface area contributed by atoms with E-state index in [0.29, 0.717) is 23.7 Å². The zero-order chi connectivity index (χ0) is 20.3. The lowest BCUT2D eigenvalue weighted by molar-refractivity contribution is 0.214. The van der Waals surface area contributed by atoms with Crippen LogP contribution in [0.4, 0.5) is 14.9 Å². The van der Waals surface area contributed by atoms with Crippen molar-refractivity contribution < 1.29 is 17.6 Å². The minimum atomic E-state index is -3.83. The normalized spacial score (nSPS) is 15.9. The fraction of sp³-hybridized carbons (Fsp3) is 0.278. The first-order valence-electron chi connectivity index (χ1n) is 8.54. The van der Waals surface area contributed by atoms with E-state index in [2.05, 4.69) is 5.32 Å². The fourth-order valence-electron chi connectivity index (χ4n) is 2.86. The molecule has 1 fully saturated rings. The molecule has 3 rings (SSSR count). The molecule has 0 saturated carbocycles. The third-order valence-corrected chi connectivity index (χ3v) is 6.80. The number of sulfonamides is 1. The van der Waals surface area contributed by atoms with Crippen molar-refractivity contribution in [2.24, 2.45) is 0 Å². The summed E-state index contributed by atoms with van der Waals surface area (Å²) < 4.78 is 40.3. The van der Waals surface area contributed by atoms with Gasteiger partial charge in [-0.3, -0.25) is 0 Å². The third kappa shape index (κ3) is 4.75. The van der Waals surface area contributed by atoms with E-state index in [9.17, 15) is 17.6 Å². The van der Waals surface area contributed by atoms with E-state index in [0.717, 1.165) is 12.1 Å². The average molecular weight is 446 g/mol. The van der Waals surface area contributed by atoms with Gasteiger partial charge in [-0.2, -0.15) is 4.31 Å². The largest absolute Gasteiger partial charge is 0.323 e. The smallest absolute Gasteiger partial charge is 0.321 e. The van der Waals surface area contributed by atoms with E-state index in [-0.39, 0.29) is 35.6 Å². The van der Waals surface area contributed by atoms with Gasteiger partial charge in [0.25, 0.3) is 0 Å². The van der Waals surface area contributed by atoms with Gasteiger partial charge in [0.05, 0.1) is 9.92 Å². The minimum absolute atomic E-state index is 0.0713. The maximum absolute atomic E-state index is 13.3. The highest BCUT2D eigenvalue weighted by Gasteiger charge is 2.28. The number of hydrogen-bond donors (Lipinski definition) is 1. The predicted molar refractivity (Wildman–Crippen MR) is 107 cm³/mol. The number of halogens is 3. The van der Waals surface area contributed by atoms with Gasteiger partial charge in [-0.05, 0) is 48.9 Å². The van der Waals surface area contributed by atoms with Gasteiger partial charge in [0.15, 0.2) is 0 Å². The average Bonchev–Trinajstić information content (AvgIpc) is 2.92. The van der Waals surface area contributed by atoms with Crippen LogP contribution in [0.5, 0.6) is 0 Å². The zero-order valence-electron chi connectivity index (χ0n) is 14.7. The SMILES string of the molecule is O=C(Nc1ccc(Cl)cc1)N1CCCN(S(=O)(=O)c2ccc(F)c(Cl)c2)CC1. The molecule has 0 radical (unpaired) electrons. The van der Waals surface area contributed by atoms with Gasteiger partial charge in [-0.25, -0.2) is 17.6 Å². The van der Waals surface area contributed by atoms with Gasteiger partial charge in [-0.1, -0.05) is 23.2 Å². The van der Waals surface area contributed by atoms with Crippen molar-refractivity contribution in [2.45, 2.75) is 11.3 Å². The Morgan fingerprint density at radius 1 is 1.00 bits per heavy atom. The van der Waals surface area contributed by atoms with Gasteiger partial charge in [-0.15, -0.1) is 0 Å². The van der Waals surface area contributed by atoms with Gasteiger partial charge in [0.1, 0.15) is 5.82 Å². The first-order valence-corrected chi connectivity index (χ1v) is 10.7. The summed E-state index contributed by atoms with van der Waals surface area (Å²) in [6.45, 7) is 1.02. The third-order valence-electron chi connectivity index (χ3n) is 4.37. The van der Waals surface area contributed by atoms with Crippen molar-refractivity contribution in [3.05, 3.63) is 58.3 Å². The summed E-state index contributed by atoms with van der Waals surface area (Å²) in [6, 6.07) is 9.71. The van der Waals surface area contributed by atoms with Crippen molar-refractivity contribution in [1.82, 2.24) is 9.21 Å². The summed E-state index contributed by atoms with van der Waals surface area (Å²) in [7, 11) is -3.83. The molecule has 1 heterocycles. The molecule has 2 amide bonds. The van der Waals surface area contributed by atoms with Crippen molar-refractivity contribution >= 4 is 44.9 Å². The maximum atomic E-state index is 13.3.